The molecule has 0 unspecified atom stereocenters. The van der Waals surface area contributed by atoms with Crippen molar-refractivity contribution in [2.24, 2.45) is 29.6 Å². The number of carboxylic acid groups (broad SMARTS) is 1. The van der Waals surface area contributed by atoms with Crippen molar-refractivity contribution >= 4 is 21.9 Å². The first kappa shape index (κ1) is 28.2. The molecule has 1 amide bonds. The number of aromatic carboxylic acids is 1. The van der Waals surface area contributed by atoms with Gasteiger partial charge < -0.3 is 15.2 Å². The molecule has 0 radical (unpaired) electrons. The number of hydrogen-bond acceptors (Lipinski definition) is 6. The van der Waals surface area contributed by atoms with Crippen LogP contribution in [-0.4, -0.2) is 54.4 Å². The maximum atomic E-state index is 13.6. The normalized spacial score (nSPS) is 27.6. The molecule has 1 heterocycles. The van der Waals surface area contributed by atoms with Crippen molar-refractivity contribution in [3.05, 3.63) is 41.6 Å². The van der Waals surface area contributed by atoms with Crippen molar-refractivity contribution in [2.75, 3.05) is 13.2 Å². The summed E-state index contributed by atoms with van der Waals surface area (Å²) < 4.78 is 36.0. The molecule has 5 aliphatic rings. The van der Waals surface area contributed by atoms with E-state index in [2.05, 4.69) is 15.1 Å². The molecule has 0 spiro atoms. The second kappa shape index (κ2) is 11.8. The zero-order valence-electron chi connectivity index (χ0n) is 23.3. The fourth-order valence-corrected chi connectivity index (χ4v) is 8.95. The van der Waals surface area contributed by atoms with E-state index in [4.69, 9.17) is 9.84 Å². The Morgan fingerprint density at radius 3 is 2.27 bits per heavy atom. The van der Waals surface area contributed by atoms with Crippen LogP contribution in [0.3, 0.4) is 0 Å². The number of aromatic nitrogens is 2. The van der Waals surface area contributed by atoms with E-state index in [9.17, 15) is 18.0 Å². The van der Waals surface area contributed by atoms with Gasteiger partial charge in [0, 0.05) is 12.6 Å². The number of carbonyl (C=O) groups is 2. The Kier molecular flexibility index (Phi) is 8.09. The molecule has 7 rings (SSSR count). The minimum Gasteiger partial charge on any atom is -0.478 e. The number of amides is 1. The van der Waals surface area contributed by atoms with Gasteiger partial charge in [-0.05, 0) is 98.8 Å². The molecule has 1 aromatic carbocycles. The van der Waals surface area contributed by atoms with Crippen LogP contribution in [0.5, 0.6) is 5.88 Å². The maximum absolute atomic E-state index is 13.6. The number of hydrogen-bond donors (Lipinski definition) is 3. The highest BCUT2D eigenvalue weighted by atomic mass is 32.2. The predicted molar refractivity (Wildman–Crippen MR) is 151 cm³/mol. The molecule has 5 fully saturated rings. The minimum absolute atomic E-state index is 0.0136. The molecule has 0 atom stereocenters. The summed E-state index contributed by atoms with van der Waals surface area (Å²) in [5, 5.41) is 16.9. The van der Waals surface area contributed by atoms with Crippen LogP contribution in [-0.2, 0) is 16.6 Å². The third kappa shape index (κ3) is 6.16. The van der Waals surface area contributed by atoms with Crippen LogP contribution >= 0.6 is 0 Å². The fourth-order valence-electron chi connectivity index (χ4n) is 7.93. The van der Waals surface area contributed by atoms with Crippen LogP contribution in [0.2, 0.25) is 0 Å². The Balaban J connectivity index is 1.14. The monoisotopic (exact) mass is 584 g/mol. The van der Waals surface area contributed by atoms with Crippen LogP contribution in [0.25, 0.3) is 0 Å². The van der Waals surface area contributed by atoms with Crippen molar-refractivity contribution in [1.82, 2.24) is 19.8 Å². The standard InChI is InChI=1S/C30H40N4O6S/c35-28(33-27-23-13-20-12-21(15-23)16-24(27)14-20)26-17-31-34(29(26)40-18-19-4-2-1-3-5-19)11-10-32-41(38,39)25-8-6-22(7-9-25)30(36)37/h6-9,17,19-21,23-24,27,32H,1-5,10-16,18H2,(H,33,35)(H,36,37). The van der Waals surface area contributed by atoms with Gasteiger partial charge in [0.1, 0.15) is 5.56 Å². The molecule has 3 N–H and O–H groups in total. The number of nitrogens with one attached hydrogen (secondary N) is 2. The maximum Gasteiger partial charge on any atom is 0.335 e. The molecule has 1 aromatic heterocycles. The largest absolute Gasteiger partial charge is 0.478 e. The Morgan fingerprint density at radius 2 is 1.63 bits per heavy atom. The zero-order valence-corrected chi connectivity index (χ0v) is 24.2. The summed E-state index contributed by atoms with van der Waals surface area (Å²) >= 11 is 0. The van der Waals surface area contributed by atoms with Crippen molar-refractivity contribution in [3.63, 3.8) is 0 Å². The van der Waals surface area contributed by atoms with Gasteiger partial charge in [0.15, 0.2) is 0 Å². The van der Waals surface area contributed by atoms with Gasteiger partial charge in [-0.2, -0.15) is 5.10 Å². The van der Waals surface area contributed by atoms with Gasteiger partial charge in [0.25, 0.3) is 5.91 Å². The molecule has 10 nitrogen and oxygen atoms in total. The summed E-state index contributed by atoms with van der Waals surface area (Å²) in [4.78, 5) is 24.7. The number of ether oxygens (including phenoxy) is 1. The number of rotatable bonds is 11. The molecule has 41 heavy (non-hydrogen) atoms. The van der Waals surface area contributed by atoms with E-state index in [1.807, 2.05) is 0 Å². The van der Waals surface area contributed by atoms with Gasteiger partial charge >= 0.3 is 5.97 Å². The fraction of sp³-hybridized carbons (Fsp3) is 0.633. The molecular formula is C30H40N4O6S. The van der Waals surface area contributed by atoms with Crippen LogP contribution in [0.15, 0.2) is 35.4 Å². The molecule has 222 valence electrons. The summed E-state index contributed by atoms with van der Waals surface area (Å²) in [6, 6.07) is 5.26. The number of carboxylic acids is 1. The predicted octanol–water partition coefficient (Wildman–Crippen LogP) is 4.07. The second-order valence-corrected chi connectivity index (χ2v) is 14.3. The van der Waals surface area contributed by atoms with Crippen LogP contribution in [0.1, 0.15) is 84.9 Å². The number of sulfonamides is 1. The molecule has 0 aliphatic heterocycles. The van der Waals surface area contributed by atoms with Gasteiger partial charge in [-0.3, -0.25) is 4.79 Å². The Labute approximate surface area is 241 Å². The third-order valence-electron chi connectivity index (χ3n) is 9.77. The topological polar surface area (TPSA) is 140 Å². The van der Waals surface area contributed by atoms with Crippen LogP contribution < -0.4 is 14.8 Å². The van der Waals surface area contributed by atoms with E-state index in [0.29, 0.717) is 35.8 Å². The first-order chi connectivity index (χ1) is 19.8. The Hall–Kier alpha value is -2.92. The third-order valence-corrected chi connectivity index (χ3v) is 11.2. The van der Waals surface area contributed by atoms with Crippen molar-refractivity contribution < 1.29 is 27.9 Å². The molecule has 5 aliphatic carbocycles. The van der Waals surface area contributed by atoms with Gasteiger partial charge in [0.05, 0.1) is 29.8 Å². The molecule has 4 bridgehead atoms. The lowest BCUT2D eigenvalue weighted by molar-refractivity contribution is -0.0120. The van der Waals surface area contributed by atoms with Crippen molar-refractivity contribution in [3.8, 4) is 5.88 Å². The van der Waals surface area contributed by atoms with Crippen molar-refractivity contribution in [1.29, 1.82) is 0 Å². The second-order valence-electron chi connectivity index (χ2n) is 12.6. The molecule has 5 saturated carbocycles. The lowest BCUT2D eigenvalue weighted by Gasteiger charge is -2.54. The number of carbonyl (C=O) groups excluding carboxylic acids is 1. The summed E-state index contributed by atoms with van der Waals surface area (Å²) in [7, 11) is -3.86. The summed E-state index contributed by atoms with van der Waals surface area (Å²) in [5.74, 6) is 2.28. The van der Waals surface area contributed by atoms with E-state index in [0.717, 1.165) is 24.7 Å². The average Bonchev–Trinajstić information content (AvgIpc) is 3.36. The molecule has 2 aromatic rings. The van der Waals surface area contributed by atoms with Crippen LogP contribution in [0, 0.1) is 29.6 Å². The minimum atomic E-state index is -3.86. The zero-order chi connectivity index (χ0) is 28.6. The highest BCUT2D eigenvalue weighted by molar-refractivity contribution is 7.89. The quantitative estimate of drug-likeness (QED) is 0.362. The lowest BCUT2D eigenvalue weighted by Crippen LogP contribution is -2.55. The average molecular weight is 585 g/mol. The molecule has 11 heteroatoms. The SMILES string of the molecule is O=C(O)c1ccc(S(=O)(=O)NCCn2ncc(C(=O)NC3C4CC5CC(C4)CC3C5)c2OCC2CCCCC2)cc1. The highest BCUT2D eigenvalue weighted by Gasteiger charge is 2.48. The summed E-state index contributed by atoms with van der Waals surface area (Å²) in [6.45, 7) is 0.713. The summed E-state index contributed by atoms with van der Waals surface area (Å²) in [5.41, 5.74) is 0.418. The van der Waals surface area contributed by atoms with Gasteiger partial charge in [0.2, 0.25) is 15.9 Å². The molecule has 0 saturated heterocycles. The van der Waals surface area contributed by atoms with E-state index >= 15 is 0 Å². The van der Waals surface area contributed by atoms with Gasteiger partial charge in [-0.1, -0.05) is 19.3 Å². The molecular weight excluding hydrogens is 544 g/mol. The van der Waals surface area contributed by atoms with E-state index in [1.54, 1.807) is 10.9 Å². The summed E-state index contributed by atoms with van der Waals surface area (Å²) in [6.07, 6.45) is 13.6. The van der Waals surface area contributed by atoms with E-state index in [1.165, 1.54) is 75.6 Å². The Bertz CT molecular complexity index is 1340. The van der Waals surface area contributed by atoms with Crippen LogP contribution in [0.4, 0.5) is 0 Å². The lowest BCUT2D eigenvalue weighted by atomic mass is 9.54. The first-order valence-corrected chi connectivity index (χ1v) is 16.6. The first-order valence-electron chi connectivity index (χ1n) is 15.1. The van der Waals surface area contributed by atoms with Gasteiger partial charge in [-0.15, -0.1) is 0 Å². The van der Waals surface area contributed by atoms with Gasteiger partial charge in [-0.25, -0.2) is 22.6 Å². The number of nitrogens with zero attached hydrogens (tertiary/aromatic N) is 2. The van der Waals surface area contributed by atoms with E-state index in [-0.39, 0.29) is 35.5 Å². The highest BCUT2D eigenvalue weighted by Crippen LogP contribution is 2.53. The van der Waals surface area contributed by atoms with E-state index < -0.39 is 16.0 Å². The number of benzene rings is 1. The van der Waals surface area contributed by atoms with Crippen molar-refractivity contribution in [2.45, 2.75) is 81.7 Å². The smallest absolute Gasteiger partial charge is 0.335 e. The Morgan fingerprint density at radius 1 is 0.976 bits per heavy atom.